The molecule has 0 amide bonds. The Hall–Kier alpha value is -2.36. The fourth-order valence-electron chi connectivity index (χ4n) is 3.61. The third-order valence-corrected chi connectivity index (χ3v) is 5.52. The van der Waals surface area contributed by atoms with Gasteiger partial charge in [0.15, 0.2) is 0 Å². The van der Waals surface area contributed by atoms with Crippen LogP contribution in [-0.2, 0) is 17.8 Å². The Labute approximate surface area is 180 Å². The lowest BCUT2D eigenvalue weighted by Crippen LogP contribution is -2.13. The highest BCUT2D eigenvalue weighted by Crippen LogP contribution is 2.20. The van der Waals surface area contributed by atoms with Gasteiger partial charge in [0, 0.05) is 0 Å². The first-order valence-electron chi connectivity index (χ1n) is 11.3. The van der Waals surface area contributed by atoms with Gasteiger partial charge in [0.25, 0.3) is 0 Å². The molecule has 2 aromatic carbocycles. The number of halogens is 1. The molecule has 0 aromatic heterocycles. The fraction of sp³-hybridized carbons (Fsp3) is 0.500. The second-order valence-corrected chi connectivity index (χ2v) is 8.04. The average Bonchev–Trinajstić information content (AvgIpc) is 2.75. The molecule has 1 unspecified atom stereocenters. The molecule has 0 aliphatic heterocycles. The predicted octanol–water partition coefficient (Wildman–Crippen LogP) is 7.18. The molecular weight excluding hydrogens is 379 g/mol. The lowest BCUT2D eigenvalue weighted by Gasteiger charge is -2.12. The van der Waals surface area contributed by atoms with E-state index in [0.29, 0.717) is 6.61 Å². The number of carboxylic acids is 1. The van der Waals surface area contributed by atoms with E-state index in [1.54, 1.807) is 12.1 Å². The number of aliphatic carboxylic acids is 1. The maximum absolute atomic E-state index is 12.9. The van der Waals surface area contributed by atoms with Crippen molar-refractivity contribution in [1.29, 1.82) is 0 Å². The van der Waals surface area contributed by atoms with Crippen LogP contribution in [-0.4, -0.2) is 11.1 Å². The lowest BCUT2D eigenvalue weighted by atomic mass is 9.94. The molecule has 4 heteroatoms. The van der Waals surface area contributed by atoms with Crippen LogP contribution in [0.3, 0.4) is 0 Å². The van der Waals surface area contributed by atoms with Crippen molar-refractivity contribution in [3.63, 3.8) is 0 Å². The maximum atomic E-state index is 12.9. The summed E-state index contributed by atoms with van der Waals surface area (Å²) in [6, 6.07) is 14.4. The van der Waals surface area contributed by atoms with Crippen molar-refractivity contribution in [1.82, 2.24) is 0 Å². The summed E-state index contributed by atoms with van der Waals surface area (Å²) in [4.78, 5) is 11.4. The molecule has 0 aliphatic rings. The van der Waals surface area contributed by atoms with Crippen LogP contribution in [0.4, 0.5) is 4.39 Å². The van der Waals surface area contributed by atoms with E-state index in [0.717, 1.165) is 62.7 Å². The SMILES string of the molecule is CCCCCCC(CCCCCc1ccc(OCc2ccc(F)cc2)cc1)C(=O)O. The van der Waals surface area contributed by atoms with Crippen LogP contribution in [0.5, 0.6) is 5.75 Å². The summed E-state index contributed by atoms with van der Waals surface area (Å²) in [5, 5.41) is 9.39. The Bertz CT molecular complexity index is 725. The van der Waals surface area contributed by atoms with Gasteiger partial charge in [0.05, 0.1) is 5.92 Å². The minimum Gasteiger partial charge on any atom is -0.489 e. The Kier molecular flexibility index (Phi) is 11.0. The highest BCUT2D eigenvalue weighted by atomic mass is 19.1. The smallest absolute Gasteiger partial charge is 0.306 e. The monoisotopic (exact) mass is 414 g/mol. The largest absolute Gasteiger partial charge is 0.489 e. The van der Waals surface area contributed by atoms with Gasteiger partial charge in [-0.1, -0.05) is 69.7 Å². The number of rotatable bonds is 15. The van der Waals surface area contributed by atoms with Gasteiger partial charge in [0.2, 0.25) is 0 Å². The topological polar surface area (TPSA) is 46.5 Å². The van der Waals surface area contributed by atoms with Crippen LogP contribution >= 0.6 is 0 Å². The molecule has 0 bridgehead atoms. The standard InChI is InChI=1S/C26H35FO3/c1-2-3-4-7-10-23(26(28)29)11-8-5-6-9-21-14-18-25(19-15-21)30-20-22-12-16-24(27)17-13-22/h12-19,23H,2-11,20H2,1H3,(H,28,29). The summed E-state index contributed by atoms with van der Waals surface area (Å²) in [5.41, 5.74) is 2.20. The molecule has 1 N–H and O–H groups in total. The van der Waals surface area contributed by atoms with Gasteiger partial charge in [-0.05, 0) is 61.1 Å². The molecule has 164 valence electrons. The minimum absolute atomic E-state index is 0.181. The van der Waals surface area contributed by atoms with Crippen LogP contribution in [0.25, 0.3) is 0 Å². The Morgan fingerprint density at radius 1 is 0.867 bits per heavy atom. The van der Waals surface area contributed by atoms with E-state index in [1.165, 1.54) is 30.5 Å². The third-order valence-electron chi connectivity index (χ3n) is 5.52. The molecule has 0 spiro atoms. The van der Waals surface area contributed by atoms with Crippen molar-refractivity contribution in [3.05, 3.63) is 65.5 Å². The zero-order valence-electron chi connectivity index (χ0n) is 18.1. The molecule has 3 nitrogen and oxygen atoms in total. The van der Waals surface area contributed by atoms with E-state index in [9.17, 15) is 14.3 Å². The molecule has 1 atom stereocenters. The van der Waals surface area contributed by atoms with Crippen LogP contribution in [0.2, 0.25) is 0 Å². The quantitative estimate of drug-likeness (QED) is 0.314. The number of carboxylic acid groups (broad SMARTS) is 1. The fourth-order valence-corrected chi connectivity index (χ4v) is 3.61. The summed E-state index contributed by atoms with van der Waals surface area (Å²) in [6.07, 6.45) is 10.2. The first-order chi connectivity index (χ1) is 14.6. The summed E-state index contributed by atoms with van der Waals surface area (Å²) >= 11 is 0. The first-order valence-corrected chi connectivity index (χ1v) is 11.3. The molecule has 0 radical (unpaired) electrons. The zero-order valence-corrected chi connectivity index (χ0v) is 18.1. The van der Waals surface area contributed by atoms with Crippen molar-refractivity contribution in [2.24, 2.45) is 5.92 Å². The van der Waals surface area contributed by atoms with Crippen LogP contribution in [0.1, 0.15) is 75.8 Å². The van der Waals surface area contributed by atoms with Gasteiger partial charge in [-0.2, -0.15) is 0 Å². The number of aryl methyl sites for hydroxylation is 1. The average molecular weight is 415 g/mol. The number of carbonyl (C=O) groups is 1. The number of hydrogen-bond donors (Lipinski definition) is 1. The van der Waals surface area contributed by atoms with Gasteiger partial charge in [-0.25, -0.2) is 4.39 Å². The number of hydrogen-bond acceptors (Lipinski definition) is 2. The summed E-state index contributed by atoms with van der Waals surface area (Å²) in [6.45, 7) is 2.59. The first kappa shape index (κ1) is 23.9. The number of unbranched alkanes of at least 4 members (excludes halogenated alkanes) is 5. The maximum Gasteiger partial charge on any atom is 0.306 e. The summed E-state index contributed by atoms with van der Waals surface area (Å²) in [5.74, 6) is -0.258. The Morgan fingerprint density at radius 3 is 2.07 bits per heavy atom. The minimum atomic E-state index is -0.636. The lowest BCUT2D eigenvalue weighted by molar-refractivity contribution is -0.142. The molecule has 0 heterocycles. The number of ether oxygens (including phenoxy) is 1. The van der Waals surface area contributed by atoms with Gasteiger partial charge in [0.1, 0.15) is 18.2 Å². The molecule has 0 aliphatic carbocycles. The second kappa shape index (κ2) is 13.8. The van der Waals surface area contributed by atoms with Crippen LogP contribution in [0, 0.1) is 11.7 Å². The molecule has 2 aromatic rings. The zero-order chi connectivity index (χ0) is 21.6. The Morgan fingerprint density at radius 2 is 1.47 bits per heavy atom. The van der Waals surface area contributed by atoms with E-state index in [4.69, 9.17) is 4.74 Å². The molecule has 30 heavy (non-hydrogen) atoms. The van der Waals surface area contributed by atoms with E-state index in [1.807, 2.05) is 12.1 Å². The highest BCUT2D eigenvalue weighted by Gasteiger charge is 2.16. The van der Waals surface area contributed by atoms with Crippen LogP contribution in [0.15, 0.2) is 48.5 Å². The van der Waals surface area contributed by atoms with Crippen molar-refractivity contribution < 1.29 is 19.0 Å². The summed E-state index contributed by atoms with van der Waals surface area (Å²) in [7, 11) is 0. The highest BCUT2D eigenvalue weighted by molar-refractivity contribution is 5.69. The van der Waals surface area contributed by atoms with E-state index in [-0.39, 0.29) is 11.7 Å². The Balaban J connectivity index is 1.62. The third kappa shape index (κ3) is 9.43. The molecule has 0 saturated heterocycles. The number of benzene rings is 2. The van der Waals surface area contributed by atoms with Crippen LogP contribution < -0.4 is 4.74 Å². The van der Waals surface area contributed by atoms with Crippen molar-refractivity contribution in [3.8, 4) is 5.75 Å². The molecule has 2 rings (SSSR count). The second-order valence-electron chi connectivity index (χ2n) is 8.04. The van der Waals surface area contributed by atoms with Crippen molar-refractivity contribution >= 4 is 5.97 Å². The molecule has 0 saturated carbocycles. The van der Waals surface area contributed by atoms with Gasteiger partial charge >= 0.3 is 5.97 Å². The van der Waals surface area contributed by atoms with E-state index < -0.39 is 5.97 Å². The molecule has 0 fully saturated rings. The van der Waals surface area contributed by atoms with Gasteiger partial charge < -0.3 is 9.84 Å². The van der Waals surface area contributed by atoms with Gasteiger partial charge in [-0.15, -0.1) is 0 Å². The van der Waals surface area contributed by atoms with Gasteiger partial charge in [-0.3, -0.25) is 4.79 Å². The van der Waals surface area contributed by atoms with Crippen molar-refractivity contribution in [2.45, 2.75) is 77.7 Å². The van der Waals surface area contributed by atoms with Crippen molar-refractivity contribution in [2.75, 3.05) is 0 Å². The molecular formula is C26H35FO3. The summed E-state index contributed by atoms with van der Waals surface area (Å²) < 4.78 is 18.7. The predicted molar refractivity (Wildman–Crippen MR) is 119 cm³/mol. The normalized spacial score (nSPS) is 11.9. The van der Waals surface area contributed by atoms with E-state index in [2.05, 4.69) is 19.1 Å². The van der Waals surface area contributed by atoms with E-state index >= 15 is 0 Å².